The number of carbonyl (C=O) groups is 1. The average molecular weight is 491 g/mol. The summed E-state index contributed by atoms with van der Waals surface area (Å²) in [5.41, 5.74) is 2.91. The van der Waals surface area contributed by atoms with Gasteiger partial charge in [-0.05, 0) is 98.2 Å². The van der Waals surface area contributed by atoms with Gasteiger partial charge >= 0.3 is 0 Å². The van der Waals surface area contributed by atoms with Gasteiger partial charge in [0.15, 0.2) is 0 Å². The second-order valence-electron chi connectivity index (χ2n) is 12.8. The van der Waals surface area contributed by atoms with E-state index in [0.717, 1.165) is 47.0 Å². The minimum atomic E-state index is 0.415. The fourth-order valence-electron chi connectivity index (χ4n) is 8.54. The SMILES string of the molecule is CCC(=O)CCSS[C@H]1CC[C@@]2(C)C(=CCC3C4CCC(CCCC(C)C)[C@@]4(C)CCC32)C1. The molecule has 1 nitrogen and oxygen atoms in total. The maximum absolute atomic E-state index is 11.6. The highest BCUT2D eigenvalue weighted by molar-refractivity contribution is 8.76. The van der Waals surface area contributed by atoms with Gasteiger partial charge in [0.2, 0.25) is 0 Å². The van der Waals surface area contributed by atoms with Gasteiger partial charge in [-0.2, -0.15) is 0 Å². The summed E-state index contributed by atoms with van der Waals surface area (Å²) in [7, 11) is 4.04. The van der Waals surface area contributed by atoms with E-state index in [0.29, 0.717) is 23.0 Å². The van der Waals surface area contributed by atoms with Crippen molar-refractivity contribution in [3.05, 3.63) is 11.6 Å². The molecule has 4 rings (SSSR count). The summed E-state index contributed by atoms with van der Waals surface area (Å²) in [6, 6.07) is 0. The molecule has 33 heavy (non-hydrogen) atoms. The number of fused-ring (bicyclic) bond motifs is 5. The Kier molecular flexibility index (Phi) is 8.74. The van der Waals surface area contributed by atoms with Crippen LogP contribution in [0.5, 0.6) is 0 Å². The molecule has 188 valence electrons. The van der Waals surface area contributed by atoms with Crippen molar-refractivity contribution in [3.63, 3.8) is 0 Å². The third-order valence-corrected chi connectivity index (χ3v) is 13.6. The Morgan fingerprint density at radius 2 is 1.94 bits per heavy atom. The molecule has 3 heteroatoms. The summed E-state index contributed by atoms with van der Waals surface area (Å²) in [5.74, 6) is 6.12. The van der Waals surface area contributed by atoms with E-state index in [-0.39, 0.29) is 0 Å². The summed E-state index contributed by atoms with van der Waals surface area (Å²) in [4.78, 5) is 11.6. The molecule has 0 aliphatic heterocycles. The Hall–Kier alpha value is 0.110. The van der Waals surface area contributed by atoms with Crippen molar-refractivity contribution >= 4 is 27.4 Å². The molecule has 0 aromatic rings. The Morgan fingerprint density at radius 3 is 2.70 bits per heavy atom. The molecular weight excluding hydrogens is 440 g/mol. The molecule has 0 radical (unpaired) electrons. The Balaban J connectivity index is 1.36. The first-order valence-corrected chi connectivity index (χ1v) is 16.7. The summed E-state index contributed by atoms with van der Waals surface area (Å²) in [6.07, 6.45) is 20.0. The van der Waals surface area contributed by atoms with Gasteiger partial charge in [0, 0.05) is 23.8 Å². The highest BCUT2D eigenvalue weighted by atomic mass is 33.1. The molecule has 0 N–H and O–H groups in total. The molecule has 7 atom stereocenters. The number of carbonyl (C=O) groups excluding carboxylic acids is 1. The lowest BCUT2D eigenvalue weighted by Gasteiger charge is -2.58. The molecule has 0 saturated heterocycles. The highest BCUT2D eigenvalue weighted by Gasteiger charge is 2.58. The van der Waals surface area contributed by atoms with E-state index in [1.54, 1.807) is 0 Å². The third kappa shape index (κ3) is 5.45. The second kappa shape index (κ2) is 11.0. The van der Waals surface area contributed by atoms with Crippen molar-refractivity contribution in [2.75, 3.05) is 5.75 Å². The van der Waals surface area contributed by atoms with E-state index in [9.17, 15) is 4.79 Å². The van der Waals surface area contributed by atoms with Gasteiger partial charge in [0.1, 0.15) is 5.78 Å². The molecule has 4 aliphatic rings. The predicted molar refractivity (Wildman–Crippen MR) is 148 cm³/mol. The van der Waals surface area contributed by atoms with Gasteiger partial charge in [0.25, 0.3) is 0 Å². The Morgan fingerprint density at radius 1 is 1.12 bits per heavy atom. The van der Waals surface area contributed by atoms with Crippen molar-refractivity contribution < 1.29 is 4.79 Å². The van der Waals surface area contributed by atoms with Gasteiger partial charge in [-0.25, -0.2) is 0 Å². The molecule has 4 unspecified atom stereocenters. The van der Waals surface area contributed by atoms with Gasteiger partial charge in [0.05, 0.1) is 0 Å². The van der Waals surface area contributed by atoms with Crippen molar-refractivity contribution in [1.29, 1.82) is 0 Å². The summed E-state index contributed by atoms with van der Waals surface area (Å²) in [5, 5.41) is 0.758. The van der Waals surface area contributed by atoms with E-state index in [1.807, 2.05) is 23.3 Å². The van der Waals surface area contributed by atoms with Crippen LogP contribution in [0.3, 0.4) is 0 Å². The molecule has 0 heterocycles. The zero-order chi connectivity index (χ0) is 23.6. The quantitative estimate of drug-likeness (QED) is 0.172. The first kappa shape index (κ1) is 26.2. The molecule has 0 bridgehead atoms. The molecule has 3 saturated carbocycles. The van der Waals surface area contributed by atoms with Gasteiger partial charge in [-0.3, -0.25) is 4.79 Å². The van der Waals surface area contributed by atoms with Crippen molar-refractivity contribution in [2.45, 2.75) is 123 Å². The fourth-order valence-corrected chi connectivity index (χ4v) is 11.2. The van der Waals surface area contributed by atoms with Gasteiger partial charge in [-0.1, -0.05) is 80.7 Å². The van der Waals surface area contributed by atoms with Crippen LogP contribution in [0.2, 0.25) is 0 Å². The maximum Gasteiger partial charge on any atom is 0.133 e. The second-order valence-corrected chi connectivity index (χ2v) is 15.6. The van der Waals surface area contributed by atoms with E-state index < -0.39 is 0 Å². The molecule has 0 spiro atoms. The van der Waals surface area contributed by atoms with Crippen LogP contribution in [0.25, 0.3) is 0 Å². The smallest absolute Gasteiger partial charge is 0.133 e. The lowest BCUT2D eigenvalue weighted by Crippen LogP contribution is -2.50. The number of Topliss-reactive ketones (excluding diaryl/α,β-unsaturated/α-hetero) is 1. The van der Waals surface area contributed by atoms with Gasteiger partial charge < -0.3 is 0 Å². The molecular formula is C30H50OS2. The minimum absolute atomic E-state index is 0.415. The molecule has 0 amide bonds. The fraction of sp³-hybridized carbons (Fsp3) is 0.900. The number of ketones is 1. The molecule has 0 aromatic carbocycles. The molecule has 3 fully saturated rings. The van der Waals surface area contributed by atoms with E-state index >= 15 is 0 Å². The third-order valence-electron chi connectivity index (χ3n) is 10.7. The van der Waals surface area contributed by atoms with Crippen LogP contribution in [0.4, 0.5) is 0 Å². The Bertz CT molecular complexity index is 714. The van der Waals surface area contributed by atoms with Gasteiger partial charge in [-0.15, -0.1) is 0 Å². The highest BCUT2D eigenvalue weighted by Crippen LogP contribution is 2.67. The number of hydrogen-bond acceptors (Lipinski definition) is 3. The van der Waals surface area contributed by atoms with Crippen LogP contribution in [0.15, 0.2) is 11.6 Å². The molecule has 0 aromatic heterocycles. The van der Waals surface area contributed by atoms with E-state index in [4.69, 9.17) is 0 Å². The van der Waals surface area contributed by atoms with Crippen LogP contribution in [-0.2, 0) is 4.79 Å². The predicted octanol–water partition coefficient (Wildman–Crippen LogP) is 9.51. The van der Waals surface area contributed by atoms with E-state index in [1.165, 1.54) is 70.6 Å². The van der Waals surface area contributed by atoms with Crippen LogP contribution in [0, 0.1) is 40.4 Å². The topological polar surface area (TPSA) is 17.1 Å². The summed E-state index contributed by atoms with van der Waals surface area (Å²) in [6.45, 7) is 12.1. The largest absolute Gasteiger partial charge is 0.300 e. The van der Waals surface area contributed by atoms with Crippen LogP contribution < -0.4 is 0 Å². The summed E-state index contributed by atoms with van der Waals surface area (Å²) >= 11 is 0. The lowest BCUT2D eigenvalue weighted by atomic mass is 9.47. The van der Waals surface area contributed by atoms with Crippen LogP contribution in [0.1, 0.15) is 118 Å². The van der Waals surface area contributed by atoms with Crippen molar-refractivity contribution in [3.8, 4) is 0 Å². The summed E-state index contributed by atoms with van der Waals surface area (Å²) < 4.78 is 0. The van der Waals surface area contributed by atoms with E-state index in [2.05, 4.69) is 44.6 Å². The zero-order valence-corrected chi connectivity index (χ0v) is 23.8. The average Bonchev–Trinajstić information content (AvgIpc) is 3.12. The normalized spacial score (nSPS) is 40.2. The Labute approximate surface area is 212 Å². The molecule has 4 aliphatic carbocycles. The maximum atomic E-state index is 11.6. The lowest BCUT2D eigenvalue weighted by molar-refractivity contribution is -0.118. The van der Waals surface area contributed by atoms with Crippen molar-refractivity contribution in [2.24, 2.45) is 40.4 Å². The standard InChI is InChI=1S/C30H50OS2/c1-6-24(31)16-19-32-33-25-14-17-30(5)23(20-25)10-12-26-27-13-11-22(9-7-8-21(2)3)29(27,4)18-15-28(26)30/h10,21-22,25-28H,6-9,11-20H2,1-5H3/t22?,25-,26?,27?,28?,29+,30-/m0/s1. The minimum Gasteiger partial charge on any atom is -0.300 e. The number of rotatable bonds is 10. The van der Waals surface area contributed by atoms with Crippen molar-refractivity contribution in [1.82, 2.24) is 0 Å². The number of allylic oxidation sites excluding steroid dienone is 2. The first-order chi connectivity index (χ1) is 15.8. The number of hydrogen-bond donors (Lipinski definition) is 0. The van der Waals surface area contributed by atoms with Crippen LogP contribution in [-0.4, -0.2) is 16.8 Å². The monoisotopic (exact) mass is 490 g/mol. The zero-order valence-electron chi connectivity index (χ0n) is 22.2. The van der Waals surface area contributed by atoms with Crippen LogP contribution >= 0.6 is 21.6 Å². The first-order valence-electron chi connectivity index (χ1n) is 14.3.